The van der Waals surface area contributed by atoms with Gasteiger partial charge in [0.15, 0.2) is 0 Å². The van der Waals surface area contributed by atoms with Crippen molar-refractivity contribution >= 4 is 52.0 Å². The number of hydrogen-bond donors (Lipinski definition) is 2. The summed E-state index contributed by atoms with van der Waals surface area (Å²) < 4.78 is 48.3. The normalized spacial score (nSPS) is 15.7. The number of hydrogen-bond acceptors (Lipinski definition) is 7. The molecule has 0 amide bonds. The molecule has 208 valence electrons. The highest BCUT2D eigenvalue weighted by Crippen LogP contribution is 2.41. The molecule has 0 saturated carbocycles. The average Bonchev–Trinajstić information content (AvgIpc) is 2.82. The molecule has 1 atom stereocenters. The maximum atomic E-state index is 14.1. The molecule has 3 N–H and O–H groups in total. The minimum atomic E-state index is -4.68. The van der Waals surface area contributed by atoms with Gasteiger partial charge in [-0.1, -0.05) is 34.8 Å². The number of benzene rings is 1. The molecule has 0 radical (unpaired) electrons. The van der Waals surface area contributed by atoms with E-state index in [0.717, 1.165) is 6.07 Å². The van der Waals surface area contributed by atoms with E-state index in [-0.39, 0.29) is 54.7 Å². The Bertz CT molecular complexity index is 1410. The smallest absolute Gasteiger partial charge is 0.419 e. The lowest BCUT2D eigenvalue weighted by atomic mass is 9.90. The number of nitrogens with two attached hydrogens (primary N) is 1. The Hall–Kier alpha value is -2.79. The lowest BCUT2D eigenvalue weighted by Gasteiger charge is -2.52. The quantitative estimate of drug-likeness (QED) is 0.230. The Labute approximate surface area is 239 Å². The van der Waals surface area contributed by atoms with E-state index in [9.17, 15) is 13.2 Å². The van der Waals surface area contributed by atoms with Gasteiger partial charge >= 0.3 is 6.18 Å². The van der Waals surface area contributed by atoms with E-state index < -0.39 is 17.8 Å². The van der Waals surface area contributed by atoms with Crippen LogP contribution in [0.25, 0.3) is 0 Å². The first-order valence-electron chi connectivity index (χ1n) is 11.8. The molecule has 3 aromatic rings. The fourth-order valence-electron chi connectivity index (χ4n) is 4.35. The van der Waals surface area contributed by atoms with Gasteiger partial charge in [0, 0.05) is 54.1 Å². The maximum absolute atomic E-state index is 14.1. The van der Waals surface area contributed by atoms with E-state index in [4.69, 9.17) is 50.7 Å². The number of nitrogen functional groups attached to an aromatic ring is 1. The van der Waals surface area contributed by atoms with E-state index >= 15 is 0 Å². The number of aromatic nitrogens is 2. The maximum Gasteiger partial charge on any atom is 0.419 e. The molecule has 0 aliphatic carbocycles. The summed E-state index contributed by atoms with van der Waals surface area (Å²) in [5, 5.41) is 9.41. The molecule has 1 fully saturated rings. The van der Waals surface area contributed by atoms with E-state index in [2.05, 4.69) is 9.97 Å². The zero-order valence-electron chi connectivity index (χ0n) is 21.5. The summed E-state index contributed by atoms with van der Waals surface area (Å²) in [7, 11) is 3.77. The van der Waals surface area contributed by atoms with Gasteiger partial charge in [-0.2, -0.15) is 13.2 Å². The van der Waals surface area contributed by atoms with E-state index in [1.165, 1.54) is 30.7 Å². The minimum absolute atomic E-state index is 0.0600. The van der Waals surface area contributed by atoms with Crippen LogP contribution in [0.2, 0.25) is 15.1 Å². The molecule has 1 aliphatic heterocycles. The van der Waals surface area contributed by atoms with Gasteiger partial charge in [-0.15, -0.1) is 0 Å². The Morgan fingerprint density at radius 3 is 2.28 bits per heavy atom. The van der Waals surface area contributed by atoms with Gasteiger partial charge in [0.25, 0.3) is 0 Å². The van der Waals surface area contributed by atoms with Crippen LogP contribution < -0.4 is 15.4 Å². The van der Waals surface area contributed by atoms with Crippen molar-refractivity contribution in [3.05, 3.63) is 74.1 Å². The lowest BCUT2D eigenvalue weighted by molar-refractivity contribution is -0.137. The molecule has 4 rings (SSSR count). The SMILES string of the molecule is C[C@@H](Oc1cc(C(=N)c2cnc(N3CC(C)(N(C)C)C3)c(C(F)(F)F)c2)c(N)cc1Cl)c1c(Cl)cncc1Cl. The highest BCUT2D eigenvalue weighted by Gasteiger charge is 2.45. The van der Waals surface area contributed by atoms with Crippen LogP contribution in [0.15, 0.2) is 36.8 Å². The molecule has 1 saturated heterocycles. The van der Waals surface area contributed by atoms with E-state index in [1.807, 2.05) is 25.9 Å². The van der Waals surface area contributed by atoms with Crippen molar-refractivity contribution < 1.29 is 17.9 Å². The van der Waals surface area contributed by atoms with Crippen LogP contribution in [-0.4, -0.2) is 53.3 Å². The Kier molecular flexibility index (Phi) is 7.97. The number of ether oxygens (including phenoxy) is 1. The second-order valence-corrected chi connectivity index (χ2v) is 11.1. The molecule has 2 aromatic heterocycles. The van der Waals surface area contributed by atoms with E-state index in [0.29, 0.717) is 18.7 Å². The monoisotopic (exact) mass is 600 g/mol. The van der Waals surface area contributed by atoms with Gasteiger partial charge in [-0.3, -0.25) is 10.4 Å². The van der Waals surface area contributed by atoms with Crippen LogP contribution in [0.5, 0.6) is 5.75 Å². The molecule has 1 aromatic carbocycles. The molecular weight excluding hydrogens is 576 g/mol. The van der Waals surface area contributed by atoms with Crippen molar-refractivity contribution in [2.45, 2.75) is 31.7 Å². The number of alkyl halides is 3. The highest BCUT2D eigenvalue weighted by atomic mass is 35.5. The molecule has 13 heteroatoms. The van der Waals surface area contributed by atoms with Crippen molar-refractivity contribution in [3.63, 3.8) is 0 Å². The standard InChI is InChI=1S/C26H26Cl3F3N6O/c1-13(22-18(28)9-35-10-19(22)29)39-21-6-15(20(33)7-17(21)27)23(34)14-5-16(26(30,31)32)24(36-8-14)38-11-25(2,12-38)37(3)4/h5-10,13,34H,11-12,33H2,1-4H3/t13-/m1/s1. The van der Waals surface area contributed by atoms with Gasteiger partial charge in [0.05, 0.1) is 31.9 Å². The molecule has 7 nitrogen and oxygen atoms in total. The second kappa shape index (κ2) is 10.6. The topological polar surface area (TPSA) is 91.4 Å². The number of halogens is 6. The van der Waals surface area contributed by atoms with Crippen molar-refractivity contribution in [1.29, 1.82) is 5.41 Å². The zero-order chi connectivity index (χ0) is 28.9. The van der Waals surface area contributed by atoms with E-state index in [1.54, 1.807) is 11.8 Å². The molecule has 1 aliphatic rings. The third kappa shape index (κ3) is 5.75. The van der Waals surface area contributed by atoms with Gasteiger partial charge in [0.2, 0.25) is 0 Å². The summed E-state index contributed by atoms with van der Waals surface area (Å²) in [4.78, 5) is 11.6. The van der Waals surface area contributed by atoms with Crippen LogP contribution in [0.1, 0.15) is 42.2 Å². The summed E-state index contributed by atoms with van der Waals surface area (Å²) in [5.41, 5.74) is 5.30. The van der Waals surface area contributed by atoms with Crippen LogP contribution in [0.3, 0.4) is 0 Å². The number of nitrogens with zero attached hydrogens (tertiary/aromatic N) is 4. The first-order chi connectivity index (χ1) is 18.1. The third-order valence-corrected chi connectivity index (χ3v) is 7.77. The molecule has 0 bridgehead atoms. The summed E-state index contributed by atoms with van der Waals surface area (Å²) in [6, 6.07) is 3.69. The fourth-order valence-corrected chi connectivity index (χ4v) is 5.24. The van der Waals surface area contributed by atoms with Gasteiger partial charge in [-0.25, -0.2) is 4.98 Å². The first kappa shape index (κ1) is 29.2. The van der Waals surface area contributed by atoms with Crippen LogP contribution >= 0.6 is 34.8 Å². The summed E-state index contributed by atoms with van der Waals surface area (Å²) in [6.45, 7) is 4.45. The summed E-state index contributed by atoms with van der Waals surface area (Å²) in [5.74, 6) is -0.0300. The molecular formula is C26H26Cl3F3N6O. The number of pyridine rings is 2. The van der Waals surface area contributed by atoms with Crippen LogP contribution in [0.4, 0.5) is 24.7 Å². The van der Waals surface area contributed by atoms with Crippen molar-refractivity contribution in [1.82, 2.24) is 14.9 Å². The largest absolute Gasteiger partial charge is 0.484 e. The van der Waals surface area contributed by atoms with Crippen LogP contribution in [0, 0.1) is 5.41 Å². The Morgan fingerprint density at radius 1 is 1.10 bits per heavy atom. The Balaban J connectivity index is 1.66. The third-order valence-electron chi connectivity index (χ3n) is 6.88. The zero-order valence-corrected chi connectivity index (χ0v) is 23.8. The number of nitrogens with one attached hydrogen (secondary N) is 1. The lowest BCUT2D eigenvalue weighted by Crippen LogP contribution is -2.67. The van der Waals surface area contributed by atoms with Crippen LogP contribution in [-0.2, 0) is 6.18 Å². The minimum Gasteiger partial charge on any atom is -0.484 e. The number of likely N-dealkylation sites (N-methyl/N-ethyl adjacent to an activating group) is 1. The molecule has 0 spiro atoms. The second-order valence-electron chi connectivity index (χ2n) is 9.86. The molecule has 0 unspecified atom stereocenters. The van der Waals surface area contributed by atoms with Gasteiger partial charge in [-0.05, 0) is 46.1 Å². The van der Waals surface area contributed by atoms with Gasteiger partial charge in [0.1, 0.15) is 17.7 Å². The van der Waals surface area contributed by atoms with Gasteiger partial charge < -0.3 is 20.3 Å². The molecule has 39 heavy (non-hydrogen) atoms. The van der Waals surface area contributed by atoms with Crippen molar-refractivity contribution in [3.8, 4) is 5.75 Å². The number of rotatable bonds is 7. The first-order valence-corrected chi connectivity index (χ1v) is 12.9. The predicted octanol–water partition coefficient (Wildman–Crippen LogP) is 6.73. The summed E-state index contributed by atoms with van der Waals surface area (Å²) in [6.07, 6.45) is -1.26. The molecule has 3 heterocycles. The van der Waals surface area contributed by atoms with Crippen molar-refractivity contribution in [2.75, 3.05) is 37.8 Å². The Morgan fingerprint density at radius 2 is 1.72 bits per heavy atom. The summed E-state index contributed by atoms with van der Waals surface area (Å²) >= 11 is 18.8. The van der Waals surface area contributed by atoms with Crippen molar-refractivity contribution in [2.24, 2.45) is 0 Å². The average molecular weight is 602 g/mol. The predicted molar refractivity (Wildman–Crippen MR) is 149 cm³/mol. The fraction of sp³-hybridized carbons (Fsp3) is 0.346. The highest BCUT2D eigenvalue weighted by molar-refractivity contribution is 6.36. The number of anilines is 2.